The molecule has 5 heteroatoms. The summed E-state index contributed by atoms with van der Waals surface area (Å²) in [6, 6.07) is 10.1. The van der Waals surface area contributed by atoms with Gasteiger partial charge in [-0.05, 0) is 0 Å². The van der Waals surface area contributed by atoms with Crippen molar-refractivity contribution in [1.82, 2.24) is 10.3 Å². The van der Waals surface area contributed by atoms with Crippen LogP contribution in [0, 0.1) is 0 Å². The summed E-state index contributed by atoms with van der Waals surface area (Å²) >= 11 is 1.57. The standard InChI is InChI=1S/C13H15N3OS/c17-13(7-14-8-13)9-15-12-16-11(6-18-12)10-4-2-1-3-5-10/h1-6,14,17H,7-9H2,(H,15,16). The monoisotopic (exact) mass is 261 g/mol. The van der Waals surface area contributed by atoms with Gasteiger partial charge in [-0.25, -0.2) is 4.98 Å². The first-order chi connectivity index (χ1) is 8.75. The molecule has 1 aliphatic heterocycles. The fourth-order valence-electron chi connectivity index (χ4n) is 1.88. The molecule has 0 unspecified atom stereocenters. The summed E-state index contributed by atoms with van der Waals surface area (Å²) in [6.07, 6.45) is 0. The SMILES string of the molecule is OC1(CNc2nc(-c3ccccc3)cs2)CNC1. The Morgan fingerprint density at radius 1 is 1.33 bits per heavy atom. The van der Waals surface area contributed by atoms with E-state index < -0.39 is 5.60 Å². The molecule has 1 fully saturated rings. The van der Waals surface area contributed by atoms with Crippen LogP contribution in [0.2, 0.25) is 0 Å². The van der Waals surface area contributed by atoms with Gasteiger partial charge in [-0.1, -0.05) is 30.3 Å². The molecule has 0 saturated carbocycles. The average Bonchev–Trinajstić information content (AvgIpc) is 2.84. The van der Waals surface area contributed by atoms with E-state index in [9.17, 15) is 5.11 Å². The minimum Gasteiger partial charge on any atom is -0.385 e. The van der Waals surface area contributed by atoms with E-state index in [1.165, 1.54) is 0 Å². The molecule has 1 aromatic carbocycles. The molecule has 2 heterocycles. The number of rotatable bonds is 4. The largest absolute Gasteiger partial charge is 0.385 e. The maximum Gasteiger partial charge on any atom is 0.183 e. The zero-order valence-corrected chi connectivity index (χ0v) is 10.7. The summed E-state index contributed by atoms with van der Waals surface area (Å²) in [7, 11) is 0. The van der Waals surface area contributed by atoms with Crippen molar-refractivity contribution in [1.29, 1.82) is 0 Å². The van der Waals surface area contributed by atoms with E-state index in [1.54, 1.807) is 11.3 Å². The summed E-state index contributed by atoms with van der Waals surface area (Å²) in [5.74, 6) is 0. The van der Waals surface area contributed by atoms with Crippen LogP contribution < -0.4 is 10.6 Å². The fourth-order valence-corrected chi connectivity index (χ4v) is 2.59. The second kappa shape index (κ2) is 4.68. The van der Waals surface area contributed by atoms with Gasteiger partial charge in [0.25, 0.3) is 0 Å². The highest BCUT2D eigenvalue weighted by atomic mass is 32.1. The van der Waals surface area contributed by atoms with Crippen LogP contribution in [-0.4, -0.2) is 35.3 Å². The predicted molar refractivity (Wildman–Crippen MR) is 73.9 cm³/mol. The molecule has 0 amide bonds. The van der Waals surface area contributed by atoms with Crippen molar-refractivity contribution in [2.45, 2.75) is 5.60 Å². The number of aromatic nitrogens is 1. The van der Waals surface area contributed by atoms with Crippen molar-refractivity contribution in [3.8, 4) is 11.3 Å². The molecule has 3 N–H and O–H groups in total. The number of nitrogens with zero attached hydrogens (tertiary/aromatic N) is 1. The molecular weight excluding hydrogens is 246 g/mol. The lowest BCUT2D eigenvalue weighted by atomic mass is 9.98. The number of nitrogens with one attached hydrogen (secondary N) is 2. The normalized spacial score (nSPS) is 17.2. The lowest BCUT2D eigenvalue weighted by Gasteiger charge is -2.37. The Hall–Kier alpha value is -1.43. The minimum absolute atomic E-state index is 0.543. The summed E-state index contributed by atoms with van der Waals surface area (Å²) in [4.78, 5) is 4.52. The van der Waals surface area contributed by atoms with Crippen LogP contribution in [0.4, 0.5) is 5.13 Å². The number of benzene rings is 1. The maximum absolute atomic E-state index is 9.95. The Kier molecular flexibility index (Phi) is 3.03. The molecule has 4 nitrogen and oxygen atoms in total. The van der Waals surface area contributed by atoms with E-state index in [0.29, 0.717) is 19.6 Å². The summed E-state index contributed by atoms with van der Waals surface area (Å²) in [5.41, 5.74) is 1.48. The molecule has 0 bridgehead atoms. The lowest BCUT2D eigenvalue weighted by molar-refractivity contribution is 0.00313. The second-order valence-electron chi connectivity index (χ2n) is 4.59. The number of hydrogen-bond acceptors (Lipinski definition) is 5. The quantitative estimate of drug-likeness (QED) is 0.781. The Morgan fingerprint density at radius 3 is 2.78 bits per heavy atom. The van der Waals surface area contributed by atoms with Crippen molar-refractivity contribution in [3.63, 3.8) is 0 Å². The highest BCUT2D eigenvalue weighted by molar-refractivity contribution is 7.14. The Morgan fingerprint density at radius 2 is 2.11 bits per heavy atom. The van der Waals surface area contributed by atoms with Crippen LogP contribution in [0.1, 0.15) is 0 Å². The summed E-state index contributed by atoms with van der Waals surface area (Å²) in [6.45, 7) is 1.84. The first kappa shape index (κ1) is 11.6. The molecular formula is C13H15N3OS. The predicted octanol–water partition coefficient (Wildman–Crippen LogP) is 1.56. The lowest BCUT2D eigenvalue weighted by Crippen LogP contribution is -2.62. The van der Waals surface area contributed by atoms with E-state index in [1.807, 2.05) is 35.7 Å². The van der Waals surface area contributed by atoms with Crippen molar-refractivity contribution < 1.29 is 5.11 Å². The average molecular weight is 261 g/mol. The van der Waals surface area contributed by atoms with Gasteiger partial charge in [0.05, 0.1) is 5.69 Å². The van der Waals surface area contributed by atoms with E-state index in [4.69, 9.17) is 0 Å². The summed E-state index contributed by atoms with van der Waals surface area (Å²) < 4.78 is 0. The number of anilines is 1. The zero-order valence-electron chi connectivity index (χ0n) is 9.89. The van der Waals surface area contributed by atoms with E-state index in [2.05, 4.69) is 15.6 Å². The third-order valence-electron chi connectivity index (χ3n) is 3.05. The van der Waals surface area contributed by atoms with Gasteiger partial charge in [-0.3, -0.25) is 0 Å². The van der Waals surface area contributed by atoms with Gasteiger partial charge < -0.3 is 15.7 Å². The Bertz CT molecular complexity index is 522. The van der Waals surface area contributed by atoms with Crippen LogP contribution in [0.3, 0.4) is 0 Å². The number of thiazole rings is 1. The van der Waals surface area contributed by atoms with E-state index in [-0.39, 0.29) is 0 Å². The van der Waals surface area contributed by atoms with Gasteiger partial charge in [0.15, 0.2) is 5.13 Å². The molecule has 1 aromatic heterocycles. The third-order valence-corrected chi connectivity index (χ3v) is 3.85. The van der Waals surface area contributed by atoms with Crippen LogP contribution in [0.15, 0.2) is 35.7 Å². The van der Waals surface area contributed by atoms with Crippen LogP contribution in [0.5, 0.6) is 0 Å². The van der Waals surface area contributed by atoms with Crippen LogP contribution in [-0.2, 0) is 0 Å². The second-order valence-corrected chi connectivity index (χ2v) is 5.44. The molecule has 2 aromatic rings. The highest BCUT2D eigenvalue weighted by Gasteiger charge is 2.33. The fraction of sp³-hybridized carbons (Fsp3) is 0.308. The number of aliphatic hydroxyl groups is 1. The van der Waals surface area contributed by atoms with Crippen molar-refractivity contribution in [2.24, 2.45) is 0 Å². The maximum atomic E-state index is 9.95. The van der Waals surface area contributed by atoms with Gasteiger partial charge in [-0.2, -0.15) is 0 Å². The Balaban J connectivity index is 1.66. The van der Waals surface area contributed by atoms with Gasteiger partial charge in [0, 0.05) is 30.6 Å². The highest BCUT2D eigenvalue weighted by Crippen LogP contribution is 2.25. The summed E-state index contributed by atoms with van der Waals surface area (Å²) in [5, 5.41) is 19.1. The molecule has 0 atom stereocenters. The van der Waals surface area contributed by atoms with Crippen molar-refractivity contribution in [3.05, 3.63) is 35.7 Å². The van der Waals surface area contributed by atoms with Crippen molar-refractivity contribution in [2.75, 3.05) is 25.0 Å². The van der Waals surface area contributed by atoms with E-state index >= 15 is 0 Å². The van der Waals surface area contributed by atoms with Gasteiger partial charge in [-0.15, -0.1) is 11.3 Å². The molecule has 18 heavy (non-hydrogen) atoms. The Labute approximate surface area is 110 Å². The van der Waals surface area contributed by atoms with Gasteiger partial charge >= 0.3 is 0 Å². The molecule has 1 saturated heterocycles. The molecule has 0 radical (unpaired) electrons. The van der Waals surface area contributed by atoms with Crippen LogP contribution in [0.25, 0.3) is 11.3 Å². The van der Waals surface area contributed by atoms with Crippen molar-refractivity contribution >= 4 is 16.5 Å². The van der Waals surface area contributed by atoms with E-state index in [0.717, 1.165) is 16.4 Å². The van der Waals surface area contributed by atoms with Gasteiger partial charge in [0.1, 0.15) is 5.60 Å². The number of hydrogen-bond donors (Lipinski definition) is 3. The van der Waals surface area contributed by atoms with Crippen LogP contribution >= 0.6 is 11.3 Å². The minimum atomic E-state index is -0.613. The topological polar surface area (TPSA) is 57.2 Å². The number of β-amino-alcohol motifs (C(OH)–C–C–N with tert-alkyl or cyclic N) is 1. The zero-order chi connectivity index (χ0) is 12.4. The molecule has 0 spiro atoms. The smallest absolute Gasteiger partial charge is 0.183 e. The molecule has 1 aliphatic rings. The molecule has 94 valence electrons. The first-order valence-corrected chi connectivity index (χ1v) is 6.81. The molecule has 0 aliphatic carbocycles. The first-order valence-electron chi connectivity index (χ1n) is 5.93. The van der Waals surface area contributed by atoms with Gasteiger partial charge in [0.2, 0.25) is 0 Å². The molecule has 3 rings (SSSR count). The third kappa shape index (κ3) is 2.38.